The van der Waals surface area contributed by atoms with E-state index in [-0.39, 0.29) is 23.5 Å². The first-order chi connectivity index (χ1) is 19.1. The van der Waals surface area contributed by atoms with Gasteiger partial charge < -0.3 is 20.7 Å². The van der Waals surface area contributed by atoms with Gasteiger partial charge in [-0.1, -0.05) is 45.0 Å². The van der Waals surface area contributed by atoms with E-state index in [4.69, 9.17) is 5.73 Å². The first kappa shape index (κ1) is 28.6. The van der Waals surface area contributed by atoms with Crippen molar-refractivity contribution in [3.05, 3.63) is 102 Å². The Kier molecular flexibility index (Phi) is 9.04. The van der Waals surface area contributed by atoms with Crippen LogP contribution < -0.4 is 11.1 Å². The molecule has 2 aromatic carbocycles. The Morgan fingerprint density at radius 1 is 0.950 bits per heavy atom. The summed E-state index contributed by atoms with van der Waals surface area (Å²) in [5.41, 5.74) is 12.2. The standard InChI is InChI=1S/C33H38N4O3/c1-33(2,3)26-10-12-27(13-11-26)37-22-25(24-16-18-35-19-17-24)21-28(37)6-4-5-7-31(39)36-30(32(34)40)20-23-8-14-29(38)15-9-23/h8-19,21-22,30,38H,4-7,20H2,1-3H3,(H2,34,40)(H,36,39)/t30-/m0/s1. The van der Waals surface area contributed by atoms with Gasteiger partial charge in [-0.3, -0.25) is 14.6 Å². The number of hydrogen-bond acceptors (Lipinski definition) is 4. The van der Waals surface area contributed by atoms with Crippen LogP contribution in [0.15, 0.2) is 85.3 Å². The number of pyridine rings is 1. The molecule has 7 heteroatoms. The van der Waals surface area contributed by atoms with E-state index >= 15 is 0 Å². The molecular formula is C33H38N4O3. The van der Waals surface area contributed by atoms with Gasteiger partial charge in [0.15, 0.2) is 0 Å². The van der Waals surface area contributed by atoms with Crippen molar-refractivity contribution in [3.8, 4) is 22.6 Å². The Morgan fingerprint density at radius 2 is 1.62 bits per heavy atom. The van der Waals surface area contributed by atoms with Gasteiger partial charge in [0.1, 0.15) is 11.8 Å². The highest BCUT2D eigenvalue weighted by Gasteiger charge is 2.19. The average molecular weight is 539 g/mol. The lowest BCUT2D eigenvalue weighted by atomic mass is 9.87. The molecule has 4 rings (SSSR count). The van der Waals surface area contributed by atoms with Gasteiger partial charge in [0, 0.05) is 48.4 Å². The van der Waals surface area contributed by atoms with Crippen LogP contribution in [-0.4, -0.2) is 32.5 Å². The largest absolute Gasteiger partial charge is 0.508 e. The number of aryl methyl sites for hydroxylation is 1. The highest BCUT2D eigenvalue weighted by molar-refractivity contribution is 5.86. The minimum Gasteiger partial charge on any atom is -0.508 e. The van der Waals surface area contributed by atoms with Gasteiger partial charge in [-0.05, 0) is 83.8 Å². The molecule has 0 aliphatic carbocycles. The van der Waals surface area contributed by atoms with Crippen LogP contribution >= 0.6 is 0 Å². The molecule has 0 aliphatic heterocycles. The second-order valence-corrected chi connectivity index (χ2v) is 11.2. The molecule has 2 heterocycles. The van der Waals surface area contributed by atoms with Gasteiger partial charge in [-0.15, -0.1) is 0 Å². The molecule has 7 nitrogen and oxygen atoms in total. The number of phenolic OH excluding ortho intramolecular Hbond substituents is 1. The normalized spacial score (nSPS) is 12.2. The fraction of sp³-hybridized carbons (Fsp3) is 0.303. The lowest BCUT2D eigenvalue weighted by Crippen LogP contribution is -2.45. The molecule has 4 N–H and O–H groups in total. The molecule has 4 aromatic rings. The van der Waals surface area contributed by atoms with E-state index in [1.54, 1.807) is 36.7 Å². The van der Waals surface area contributed by atoms with Crippen molar-refractivity contribution >= 4 is 11.8 Å². The van der Waals surface area contributed by atoms with Crippen molar-refractivity contribution in [1.82, 2.24) is 14.9 Å². The van der Waals surface area contributed by atoms with Gasteiger partial charge in [0.05, 0.1) is 0 Å². The number of benzene rings is 2. The van der Waals surface area contributed by atoms with Crippen LogP contribution in [0.4, 0.5) is 0 Å². The Labute approximate surface area is 236 Å². The maximum absolute atomic E-state index is 12.6. The van der Waals surface area contributed by atoms with Crippen LogP contribution in [0.5, 0.6) is 5.75 Å². The van der Waals surface area contributed by atoms with Crippen LogP contribution in [-0.2, 0) is 27.8 Å². The molecule has 0 saturated carbocycles. The second kappa shape index (κ2) is 12.6. The zero-order valence-electron chi connectivity index (χ0n) is 23.4. The number of unbranched alkanes of at least 4 members (excludes halogenated alkanes) is 1. The van der Waals surface area contributed by atoms with Crippen molar-refractivity contribution in [1.29, 1.82) is 0 Å². The number of nitrogens with two attached hydrogens (primary N) is 1. The summed E-state index contributed by atoms with van der Waals surface area (Å²) in [6, 6.07) is 20.6. The molecule has 0 fully saturated rings. The molecule has 0 aliphatic rings. The van der Waals surface area contributed by atoms with E-state index in [2.05, 4.69) is 72.2 Å². The fourth-order valence-corrected chi connectivity index (χ4v) is 4.71. The Morgan fingerprint density at radius 3 is 2.25 bits per heavy atom. The zero-order chi connectivity index (χ0) is 28.7. The summed E-state index contributed by atoms with van der Waals surface area (Å²) in [6.07, 6.45) is 8.62. The third-order valence-electron chi connectivity index (χ3n) is 7.07. The predicted octanol–water partition coefficient (Wildman–Crippen LogP) is 5.47. The van der Waals surface area contributed by atoms with E-state index < -0.39 is 11.9 Å². The fourth-order valence-electron chi connectivity index (χ4n) is 4.71. The third-order valence-corrected chi connectivity index (χ3v) is 7.07. The SMILES string of the molecule is CC(C)(C)c1ccc(-n2cc(-c3ccncc3)cc2CCCCC(=O)N[C@@H](Cc2ccc(O)cc2)C(N)=O)cc1. The summed E-state index contributed by atoms with van der Waals surface area (Å²) < 4.78 is 2.23. The van der Waals surface area contributed by atoms with Crippen molar-refractivity contribution in [2.24, 2.45) is 5.73 Å². The number of phenols is 1. The van der Waals surface area contributed by atoms with E-state index in [1.165, 1.54) is 5.56 Å². The molecule has 0 saturated heterocycles. The van der Waals surface area contributed by atoms with Crippen LogP contribution in [0.25, 0.3) is 16.8 Å². The summed E-state index contributed by atoms with van der Waals surface area (Å²) in [7, 11) is 0. The van der Waals surface area contributed by atoms with Crippen molar-refractivity contribution in [2.45, 2.75) is 64.3 Å². The zero-order valence-corrected chi connectivity index (χ0v) is 23.4. The molecular weight excluding hydrogens is 500 g/mol. The lowest BCUT2D eigenvalue weighted by molar-refractivity contribution is -0.127. The van der Waals surface area contributed by atoms with E-state index in [0.717, 1.165) is 40.9 Å². The number of carbonyl (C=O) groups is 2. The van der Waals surface area contributed by atoms with Crippen molar-refractivity contribution in [3.63, 3.8) is 0 Å². The van der Waals surface area contributed by atoms with Crippen LogP contribution in [0, 0.1) is 0 Å². The first-order valence-electron chi connectivity index (χ1n) is 13.7. The molecule has 0 radical (unpaired) electrons. The Hall–Kier alpha value is -4.39. The summed E-state index contributed by atoms with van der Waals surface area (Å²) in [4.78, 5) is 28.7. The number of rotatable bonds is 11. The number of amides is 2. The van der Waals surface area contributed by atoms with Gasteiger partial charge in [0.25, 0.3) is 0 Å². The third kappa shape index (κ3) is 7.59. The Balaban J connectivity index is 1.40. The number of aromatic nitrogens is 2. The highest BCUT2D eigenvalue weighted by Crippen LogP contribution is 2.28. The van der Waals surface area contributed by atoms with Gasteiger partial charge in [-0.2, -0.15) is 0 Å². The molecule has 0 spiro atoms. The maximum Gasteiger partial charge on any atom is 0.240 e. The number of hydrogen-bond donors (Lipinski definition) is 3. The van der Waals surface area contributed by atoms with E-state index in [0.29, 0.717) is 12.8 Å². The Bertz CT molecular complexity index is 1420. The summed E-state index contributed by atoms with van der Waals surface area (Å²) in [6.45, 7) is 6.62. The maximum atomic E-state index is 12.6. The lowest BCUT2D eigenvalue weighted by Gasteiger charge is -2.19. The number of nitrogens with one attached hydrogen (secondary N) is 1. The smallest absolute Gasteiger partial charge is 0.240 e. The van der Waals surface area contributed by atoms with Crippen LogP contribution in [0.1, 0.15) is 56.9 Å². The molecule has 40 heavy (non-hydrogen) atoms. The summed E-state index contributed by atoms with van der Waals surface area (Å²) >= 11 is 0. The number of nitrogens with zero attached hydrogens (tertiary/aromatic N) is 2. The highest BCUT2D eigenvalue weighted by atomic mass is 16.3. The number of aromatic hydroxyl groups is 1. The predicted molar refractivity (Wildman–Crippen MR) is 158 cm³/mol. The molecule has 2 amide bonds. The molecule has 0 unspecified atom stereocenters. The minimum absolute atomic E-state index is 0.0817. The van der Waals surface area contributed by atoms with Crippen molar-refractivity contribution < 1.29 is 14.7 Å². The second-order valence-electron chi connectivity index (χ2n) is 11.2. The topological polar surface area (TPSA) is 110 Å². The molecule has 2 aromatic heterocycles. The molecule has 208 valence electrons. The summed E-state index contributed by atoms with van der Waals surface area (Å²) in [5, 5.41) is 12.2. The number of carbonyl (C=O) groups excluding carboxylic acids is 2. The van der Waals surface area contributed by atoms with Crippen LogP contribution in [0.3, 0.4) is 0 Å². The van der Waals surface area contributed by atoms with E-state index in [9.17, 15) is 14.7 Å². The monoisotopic (exact) mass is 538 g/mol. The minimum atomic E-state index is -0.798. The van der Waals surface area contributed by atoms with Crippen molar-refractivity contribution in [2.75, 3.05) is 0 Å². The van der Waals surface area contributed by atoms with Gasteiger partial charge in [-0.25, -0.2) is 0 Å². The number of primary amides is 1. The quantitative estimate of drug-likeness (QED) is 0.220. The molecule has 1 atom stereocenters. The molecule has 0 bridgehead atoms. The van der Waals surface area contributed by atoms with Gasteiger partial charge in [0.2, 0.25) is 11.8 Å². The average Bonchev–Trinajstić information content (AvgIpc) is 3.36. The van der Waals surface area contributed by atoms with Gasteiger partial charge >= 0.3 is 0 Å². The summed E-state index contributed by atoms with van der Waals surface area (Å²) in [5.74, 6) is -0.641. The van der Waals surface area contributed by atoms with Crippen LogP contribution in [0.2, 0.25) is 0 Å². The van der Waals surface area contributed by atoms with E-state index in [1.807, 2.05) is 12.1 Å². The first-order valence-corrected chi connectivity index (χ1v) is 13.7.